The number of hydrogen-bond acceptors (Lipinski definition) is 0. The quantitative estimate of drug-likeness (QED) is 0.635. The summed E-state index contributed by atoms with van der Waals surface area (Å²) in [7, 11) is 0. The number of benzene rings is 1. The predicted molar refractivity (Wildman–Crippen MR) is 69.4 cm³/mol. The van der Waals surface area contributed by atoms with Crippen molar-refractivity contribution in [3.05, 3.63) is 33.7 Å². The molecule has 1 aliphatic rings. The fraction of sp³-hybridized carbons (Fsp3) is 0.571. The number of hydrogen-bond donors (Lipinski definition) is 0. The van der Waals surface area contributed by atoms with E-state index in [1.54, 1.807) is 0 Å². The Balaban J connectivity index is 2.92. The zero-order valence-corrected chi connectivity index (χ0v) is 11.4. The van der Waals surface area contributed by atoms with Gasteiger partial charge in [-0.05, 0) is 46.9 Å². The first-order valence-corrected chi connectivity index (χ1v) is 6.19. The summed E-state index contributed by atoms with van der Waals surface area (Å²) >= 11 is 3.30. The van der Waals surface area contributed by atoms with Crippen LogP contribution in [0.4, 0.5) is 0 Å². The van der Waals surface area contributed by atoms with Crippen LogP contribution in [0.5, 0.6) is 0 Å². The zero-order chi connectivity index (χ0) is 13.9. The molecule has 0 unspecified atom stereocenters. The first-order chi connectivity index (χ1) is 8.09. The Hall–Kier alpha value is -0.300. The molecule has 1 aromatic rings. The molecule has 0 bridgehead atoms. The lowest BCUT2D eigenvalue weighted by atomic mass is 9.63. The van der Waals surface area contributed by atoms with Crippen LogP contribution in [0.3, 0.4) is 0 Å². The summed E-state index contributed by atoms with van der Waals surface area (Å²) in [6.45, 7) is 8.50. The van der Waals surface area contributed by atoms with E-state index in [9.17, 15) is 0 Å². The van der Waals surface area contributed by atoms with Crippen LogP contribution in [0.25, 0.3) is 0 Å². The van der Waals surface area contributed by atoms with Crippen molar-refractivity contribution < 1.29 is 4.11 Å². The van der Waals surface area contributed by atoms with Gasteiger partial charge in [-0.15, -0.1) is 0 Å². The minimum Gasteiger partial charge on any atom is -0.0571 e. The van der Waals surface area contributed by atoms with Crippen molar-refractivity contribution in [2.75, 3.05) is 0 Å². The first kappa shape index (κ1) is 7.89. The van der Waals surface area contributed by atoms with Crippen molar-refractivity contribution in [3.63, 3.8) is 0 Å². The molecule has 0 heterocycles. The molecule has 0 saturated carbocycles. The summed E-state index contributed by atoms with van der Waals surface area (Å²) in [6.07, 6.45) is 2.02. The Labute approximate surface area is 105 Å². The number of halogens is 1. The van der Waals surface area contributed by atoms with E-state index in [0.717, 1.165) is 24.0 Å². The lowest BCUT2D eigenvalue weighted by Crippen LogP contribution is -2.33. The summed E-state index contributed by atoms with van der Waals surface area (Å²) in [6, 6.07) is 0.818. The van der Waals surface area contributed by atoms with E-state index >= 15 is 0 Å². The lowest BCUT2D eigenvalue weighted by Gasteiger charge is -2.41. The molecule has 2 rings (SSSR count). The molecule has 1 aromatic carbocycles. The van der Waals surface area contributed by atoms with Crippen molar-refractivity contribution in [2.24, 2.45) is 0 Å². The fourth-order valence-corrected chi connectivity index (χ4v) is 2.57. The van der Waals surface area contributed by atoms with Gasteiger partial charge in [-0.1, -0.05) is 49.7 Å². The van der Waals surface area contributed by atoms with E-state index in [-0.39, 0.29) is 22.9 Å². The molecule has 1 aliphatic carbocycles. The van der Waals surface area contributed by atoms with Crippen LogP contribution in [0.2, 0.25) is 0 Å². The third kappa shape index (κ3) is 1.87. The van der Waals surface area contributed by atoms with Crippen molar-refractivity contribution in [3.8, 4) is 0 Å². The molecule has 0 aliphatic heterocycles. The molecule has 15 heavy (non-hydrogen) atoms. The minimum atomic E-state index is -0.117. The maximum absolute atomic E-state index is 8.29. The van der Waals surface area contributed by atoms with Crippen LogP contribution >= 0.6 is 15.9 Å². The smallest absolute Gasteiger partial charge is 0.0571 e. The lowest BCUT2D eigenvalue weighted by molar-refractivity contribution is 0.331. The molecular formula is C14H19Br. The summed E-state index contributed by atoms with van der Waals surface area (Å²) in [5, 5.41) is 0. The van der Waals surface area contributed by atoms with Gasteiger partial charge in [0.1, 0.15) is 0 Å². The highest BCUT2D eigenvalue weighted by Gasteiger charge is 2.36. The van der Waals surface area contributed by atoms with Gasteiger partial charge in [0.25, 0.3) is 0 Å². The van der Waals surface area contributed by atoms with Crippen LogP contribution in [0.15, 0.2) is 22.6 Å². The Kier molecular flexibility index (Phi) is 1.76. The average molecular weight is 270 g/mol. The molecule has 0 atom stereocenters. The third-order valence-corrected chi connectivity index (χ3v) is 3.91. The van der Waals surface area contributed by atoms with Gasteiger partial charge in [0.05, 0.1) is 4.11 Å². The van der Waals surface area contributed by atoms with Crippen molar-refractivity contribution >= 4 is 15.9 Å². The van der Waals surface area contributed by atoms with Crippen molar-refractivity contribution in [1.29, 1.82) is 0 Å². The predicted octanol–water partition coefficient (Wildman–Crippen LogP) is 4.80. The van der Waals surface area contributed by atoms with E-state index in [4.69, 9.17) is 4.11 Å². The molecule has 82 valence electrons. The van der Waals surface area contributed by atoms with E-state index in [1.807, 2.05) is 0 Å². The van der Waals surface area contributed by atoms with Crippen molar-refractivity contribution in [2.45, 2.75) is 51.4 Å². The van der Waals surface area contributed by atoms with Gasteiger partial charge in [-0.3, -0.25) is 0 Å². The third-order valence-electron chi connectivity index (χ3n) is 3.51. The highest BCUT2D eigenvalue weighted by Crippen LogP contribution is 2.46. The van der Waals surface area contributed by atoms with E-state index < -0.39 is 0 Å². The van der Waals surface area contributed by atoms with Gasteiger partial charge >= 0.3 is 0 Å². The van der Waals surface area contributed by atoms with Crippen LogP contribution in [0, 0.1) is 0 Å². The second-order valence-electron chi connectivity index (χ2n) is 5.71. The zero-order valence-electron chi connectivity index (χ0n) is 12.8. The maximum Gasteiger partial charge on any atom is 0.0638 e. The number of fused-ring (bicyclic) bond motifs is 1. The SMILES string of the molecule is [2H]c1c([2H])c2c(c([2H])c1Br)C(C)(C)CCC2(C)C. The van der Waals surface area contributed by atoms with Crippen LogP contribution < -0.4 is 0 Å². The molecule has 0 amide bonds. The Morgan fingerprint density at radius 1 is 1.07 bits per heavy atom. The second-order valence-corrected chi connectivity index (χ2v) is 6.50. The van der Waals surface area contributed by atoms with Crippen LogP contribution in [-0.4, -0.2) is 0 Å². The Bertz CT molecular complexity index is 472. The first-order valence-electron chi connectivity index (χ1n) is 6.90. The van der Waals surface area contributed by atoms with Gasteiger partial charge in [-0.2, -0.15) is 0 Å². The van der Waals surface area contributed by atoms with E-state index in [1.165, 1.54) is 0 Å². The topological polar surface area (TPSA) is 0 Å². The normalized spacial score (nSPS) is 25.0. The van der Waals surface area contributed by atoms with Gasteiger partial charge in [0.15, 0.2) is 0 Å². The molecule has 0 N–H and O–H groups in total. The van der Waals surface area contributed by atoms with Gasteiger partial charge < -0.3 is 0 Å². The Morgan fingerprint density at radius 3 is 2.20 bits per heavy atom. The monoisotopic (exact) mass is 269 g/mol. The summed E-state index contributed by atoms with van der Waals surface area (Å²) in [5.74, 6) is 0. The Morgan fingerprint density at radius 2 is 1.60 bits per heavy atom. The molecular weight excluding hydrogens is 248 g/mol. The average Bonchev–Trinajstić information content (AvgIpc) is 2.26. The molecule has 0 fully saturated rings. The largest absolute Gasteiger partial charge is 0.0638 e. The van der Waals surface area contributed by atoms with Crippen molar-refractivity contribution in [1.82, 2.24) is 0 Å². The highest BCUT2D eigenvalue weighted by molar-refractivity contribution is 9.10. The number of rotatable bonds is 0. The van der Waals surface area contributed by atoms with Crippen LogP contribution in [-0.2, 0) is 10.8 Å². The van der Waals surface area contributed by atoms with Gasteiger partial charge in [0.2, 0.25) is 0 Å². The van der Waals surface area contributed by atoms with Gasteiger partial charge in [-0.25, -0.2) is 0 Å². The van der Waals surface area contributed by atoms with Gasteiger partial charge in [0, 0.05) is 4.47 Å². The molecule has 0 spiro atoms. The van der Waals surface area contributed by atoms with E-state index in [0.29, 0.717) is 10.5 Å². The summed E-state index contributed by atoms with van der Waals surface area (Å²) in [4.78, 5) is 0. The molecule has 1 heteroatoms. The highest BCUT2D eigenvalue weighted by atomic mass is 79.9. The van der Waals surface area contributed by atoms with Crippen LogP contribution in [0.1, 0.15) is 55.8 Å². The van der Waals surface area contributed by atoms with E-state index in [2.05, 4.69) is 43.6 Å². The molecule has 0 aromatic heterocycles. The summed E-state index contributed by atoms with van der Waals surface area (Å²) < 4.78 is 25.0. The summed E-state index contributed by atoms with van der Waals surface area (Å²) in [5.41, 5.74) is 1.64. The molecule has 0 saturated heterocycles. The second kappa shape index (κ2) is 3.35. The molecule has 0 nitrogen and oxygen atoms in total. The standard InChI is InChI=1S/C14H19Br/c1-13(2)7-8-14(3,4)12-9-10(15)5-6-11(12)13/h5-6,9H,7-8H2,1-4H3/i5D,6D,9D. The maximum atomic E-state index is 8.29. The minimum absolute atomic E-state index is 0.0893. The fourth-order valence-electron chi connectivity index (χ4n) is 2.27. The molecule has 0 radical (unpaired) electrons.